The Morgan fingerprint density at radius 2 is 1.54 bits per heavy atom. The van der Waals surface area contributed by atoms with Gasteiger partial charge < -0.3 is 54.3 Å². The normalized spacial score (nSPS) is 51.9. The molecule has 12 heteroatoms. The summed E-state index contributed by atoms with van der Waals surface area (Å²) < 4.78 is 30.5. The SMILES string of the molecule is CC1O[C@@H](OC2C(C)O[C@@H](O[C@H]3CC[C@@]4(C)[C@H](CC[C@@H]5[C@@H]4C[C@@H](O)[C@]4(C)[C@@H](C6CC(=O)OC6Cc6ccccc6O)CC[C@]54O)C3)C[C@H]2O)C[C@@H](O)C1O. The first-order chi connectivity index (χ1) is 25.6. The first kappa shape index (κ1) is 39.0. The van der Waals surface area contributed by atoms with E-state index in [4.69, 9.17) is 23.7 Å². The molecule has 1 aromatic carbocycles. The van der Waals surface area contributed by atoms with Crippen LogP contribution in [0, 0.1) is 40.4 Å². The minimum atomic E-state index is -1.06. The molecule has 1 aromatic rings. The second-order valence-corrected chi connectivity index (χ2v) is 18.6. The van der Waals surface area contributed by atoms with Crippen LogP contribution in [0.2, 0.25) is 0 Å². The third-order valence-corrected chi connectivity index (χ3v) is 16.0. The Labute approximate surface area is 318 Å². The molecule has 6 unspecified atom stereocenters. The number of aromatic hydroxyl groups is 1. The molecule has 19 atom stereocenters. The summed E-state index contributed by atoms with van der Waals surface area (Å²) in [5.41, 5.74) is -1.19. The molecule has 4 saturated carbocycles. The number of aliphatic hydroxyl groups is 5. The fourth-order valence-corrected chi connectivity index (χ4v) is 12.9. The number of hydrogen-bond acceptors (Lipinski definition) is 12. The van der Waals surface area contributed by atoms with Crippen LogP contribution in [-0.2, 0) is 34.9 Å². The van der Waals surface area contributed by atoms with Crippen molar-refractivity contribution in [2.24, 2.45) is 40.4 Å². The first-order valence-corrected chi connectivity index (χ1v) is 20.6. The van der Waals surface area contributed by atoms with Crippen LogP contribution in [0.3, 0.4) is 0 Å². The standard InChI is InChI=1S/C42H62O12/c1-21-38(48)31(44)19-37(50-21)54-39-22(2)51-36(20-32(39)45)52-25-11-13-40(3)24(16-25)9-10-28-29(40)18-34(46)41(4)27(12-14-42(28,41)49)26-17-35(47)53-33(26)15-23-7-5-6-8-30(23)43/h5-8,21-22,24-29,31-34,36-39,43-46,48-49H,9-20H2,1-4H3/t21?,22?,24-,25+,26?,27-,28-,29+,31-,32-,33?,34-,36+,37+,38?,39?,40+,41+,42+/m1/s1. The number of fused-ring (bicyclic) bond motifs is 5. The van der Waals surface area contributed by atoms with E-state index in [2.05, 4.69) is 13.8 Å². The van der Waals surface area contributed by atoms with Crippen LogP contribution >= 0.6 is 0 Å². The summed E-state index contributed by atoms with van der Waals surface area (Å²) in [4.78, 5) is 12.8. The van der Waals surface area contributed by atoms with E-state index in [-0.39, 0.29) is 66.2 Å². The lowest BCUT2D eigenvalue weighted by molar-refractivity contribution is -0.318. The Bertz CT molecular complexity index is 1500. The van der Waals surface area contributed by atoms with Crippen molar-refractivity contribution in [3.63, 3.8) is 0 Å². The quantitative estimate of drug-likeness (QED) is 0.175. The zero-order valence-electron chi connectivity index (χ0n) is 32.2. The number of esters is 1. The molecule has 4 aliphatic carbocycles. The van der Waals surface area contributed by atoms with Gasteiger partial charge in [-0.15, -0.1) is 0 Å². The average molecular weight is 759 g/mol. The Balaban J connectivity index is 0.908. The molecular formula is C42H62O12. The maximum absolute atomic E-state index is 12.9. The van der Waals surface area contributed by atoms with Gasteiger partial charge in [0.15, 0.2) is 12.6 Å². The molecule has 3 saturated heterocycles. The van der Waals surface area contributed by atoms with E-state index in [9.17, 15) is 35.4 Å². The van der Waals surface area contributed by atoms with E-state index in [1.807, 2.05) is 19.1 Å². The van der Waals surface area contributed by atoms with Crippen LogP contribution < -0.4 is 0 Å². The highest BCUT2D eigenvalue weighted by atomic mass is 16.7. The Morgan fingerprint density at radius 3 is 2.28 bits per heavy atom. The molecule has 0 aromatic heterocycles. The fraction of sp³-hybridized carbons (Fsp3) is 0.833. The third-order valence-electron chi connectivity index (χ3n) is 16.0. The summed E-state index contributed by atoms with van der Waals surface area (Å²) in [7, 11) is 0. The van der Waals surface area contributed by atoms with Gasteiger partial charge in [-0.05, 0) is 106 Å². The number of ether oxygens (including phenoxy) is 5. The van der Waals surface area contributed by atoms with Gasteiger partial charge in [0, 0.05) is 30.6 Å². The van der Waals surface area contributed by atoms with Gasteiger partial charge in [0.25, 0.3) is 0 Å². The average Bonchev–Trinajstić information content (AvgIpc) is 3.62. The number of para-hydroxylation sites is 1. The first-order valence-electron chi connectivity index (χ1n) is 20.6. The lowest BCUT2D eigenvalue weighted by Gasteiger charge is -2.65. The molecular weight excluding hydrogens is 696 g/mol. The van der Waals surface area contributed by atoms with E-state index in [1.165, 1.54) is 0 Å². The second kappa shape index (κ2) is 14.5. The van der Waals surface area contributed by atoms with Crippen LogP contribution in [0.15, 0.2) is 24.3 Å². The van der Waals surface area contributed by atoms with E-state index >= 15 is 0 Å². The van der Waals surface area contributed by atoms with Crippen molar-refractivity contribution in [1.82, 2.24) is 0 Å². The largest absolute Gasteiger partial charge is 0.508 e. The number of carbonyl (C=O) groups is 1. The highest BCUT2D eigenvalue weighted by Crippen LogP contribution is 2.70. The predicted molar refractivity (Wildman–Crippen MR) is 194 cm³/mol. The molecule has 12 nitrogen and oxygen atoms in total. The molecule has 3 aliphatic heterocycles. The molecule has 0 amide bonds. The minimum absolute atomic E-state index is 0.0411. The predicted octanol–water partition coefficient (Wildman–Crippen LogP) is 3.73. The molecule has 302 valence electrons. The zero-order valence-corrected chi connectivity index (χ0v) is 32.2. The topological polar surface area (TPSA) is 185 Å². The summed E-state index contributed by atoms with van der Waals surface area (Å²) in [5.74, 6) is 0.229. The summed E-state index contributed by atoms with van der Waals surface area (Å²) in [6.45, 7) is 7.94. The van der Waals surface area contributed by atoms with Crippen molar-refractivity contribution >= 4 is 5.97 Å². The highest BCUT2D eigenvalue weighted by Gasteiger charge is 2.72. The van der Waals surface area contributed by atoms with Crippen LogP contribution in [0.5, 0.6) is 5.75 Å². The summed E-state index contributed by atoms with van der Waals surface area (Å²) in [5, 5.41) is 66.9. The number of aliphatic hydroxyl groups excluding tert-OH is 4. The number of phenols is 1. The van der Waals surface area contributed by atoms with Crippen molar-refractivity contribution < 1.29 is 59.1 Å². The molecule has 0 radical (unpaired) electrons. The van der Waals surface area contributed by atoms with Gasteiger partial charge in [-0.2, -0.15) is 0 Å². The summed E-state index contributed by atoms with van der Waals surface area (Å²) in [6, 6.07) is 7.15. The smallest absolute Gasteiger partial charge is 0.306 e. The maximum Gasteiger partial charge on any atom is 0.306 e. The Hall–Kier alpha value is -1.87. The van der Waals surface area contributed by atoms with Gasteiger partial charge in [0.1, 0.15) is 24.1 Å². The Morgan fingerprint density at radius 1 is 0.815 bits per heavy atom. The Kier molecular flexibility index (Phi) is 10.5. The minimum Gasteiger partial charge on any atom is -0.508 e. The van der Waals surface area contributed by atoms with Crippen molar-refractivity contribution in [1.29, 1.82) is 0 Å². The molecule has 7 aliphatic rings. The van der Waals surface area contributed by atoms with Crippen molar-refractivity contribution in [3.05, 3.63) is 29.8 Å². The van der Waals surface area contributed by atoms with Crippen LogP contribution in [0.4, 0.5) is 0 Å². The van der Waals surface area contributed by atoms with Gasteiger partial charge in [0.05, 0.1) is 48.6 Å². The van der Waals surface area contributed by atoms with E-state index < -0.39 is 72.4 Å². The van der Waals surface area contributed by atoms with E-state index in [1.54, 1.807) is 19.1 Å². The summed E-state index contributed by atoms with van der Waals surface area (Å²) in [6.07, 6.45) is 0.264. The lowest BCUT2D eigenvalue weighted by atomic mass is 9.42. The number of carbonyl (C=O) groups excluding carboxylic acids is 1. The number of benzene rings is 1. The van der Waals surface area contributed by atoms with Crippen LogP contribution in [0.25, 0.3) is 0 Å². The maximum atomic E-state index is 12.9. The number of cyclic esters (lactones) is 1. The second-order valence-electron chi connectivity index (χ2n) is 18.6. The number of phenolic OH excluding ortho intramolecular Hbond substituents is 1. The van der Waals surface area contributed by atoms with Gasteiger partial charge in [-0.25, -0.2) is 0 Å². The van der Waals surface area contributed by atoms with Gasteiger partial charge in [-0.1, -0.05) is 32.0 Å². The van der Waals surface area contributed by atoms with Gasteiger partial charge in [-0.3, -0.25) is 4.79 Å². The molecule has 7 fully saturated rings. The van der Waals surface area contributed by atoms with Crippen molar-refractivity contribution in [2.75, 3.05) is 0 Å². The van der Waals surface area contributed by atoms with Crippen molar-refractivity contribution in [2.45, 2.75) is 178 Å². The highest BCUT2D eigenvalue weighted by molar-refractivity contribution is 5.72. The third kappa shape index (κ3) is 6.43. The lowest BCUT2D eigenvalue weighted by Crippen LogP contribution is -2.67. The van der Waals surface area contributed by atoms with Crippen molar-refractivity contribution in [3.8, 4) is 5.75 Å². The number of rotatable bonds is 7. The number of hydrogen-bond donors (Lipinski definition) is 6. The van der Waals surface area contributed by atoms with E-state index in [0.29, 0.717) is 25.2 Å². The molecule has 3 heterocycles. The molecule has 54 heavy (non-hydrogen) atoms. The van der Waals surface area contributed by atoms with Crippen LogP contribution in [0.1, 0.15) is 104 Å². The fourth-order valence-electron chi connectivity index (χ4n) is 12.9. The molecule has 0 bridgehead atoms. The van der Waals surface area contributed by atoms with Gasteiger partial charge >= 0.3 is 5.97 Å². The van der Waals surface area contributed by atoms with Gasteiger partial charge in [0.2, 0.25) is 0 Å². The summed E-state index contributed by atoms with van der Waals surface area (Å²) >= 11 is 0. The zero-order chi connectivity index (χ0) is 38.3. The van der Waals surface area contributed by atoms with E-state index in [0.717, 1.165) is 44.1 Å². The van der Waals surface area contributed by atoms with Crippen LogP contribution in [-0.4, -0.2) is 110 Å². The molecule has 8 rings (SSSR count). The molecule has 0 spiro atoms. The molecule has 6 N–H and O–H groups in total. The monoisotopic (exact) mass is 758 g/mol.